The average Bonchev–Trinajstić information content (AvgIpc) is 2.60. The predicted molar refractivity (Wildman–Crippen MR) is 98.7 cm³/mol. The smallest absolute Gasteiger partial charge is 0.302 e. The van der Waals surface area contributed by atoms with Gasteiger partial charge in [-0.05, 0) is 36.8 Å². The van der Waals surface area contributed by atoms with Crippen LogP contribution in [-0.2, 0) is 10.2 Å². The molecular weight excluding hydrogens is 354 g/mol. The number of anilines is 3. The fourth-order valence-electron chi connectivity index (χ4n) is 2.74. The molecule has 1 aliphatic heterocycles. The Hall–Kier alpha value is -2.90. The molecule has 2 aromatic rings. The Labute approximate surface area is 152 Å². The first-order chi connectivity index (χ1) is 12.4. The largest absolute Gasteiger partial charge is 0.384 e. The van der Waals surface area contributed by atoms with Crippen molar-refractivity contribution in [2.75, 3.05) is 41.5 Å². The van der Waals surface area contributed by atoms with Crippen LogP contribution in [0.3, 0.4) is 0 Å². The minimum Gasteiger partial charge on any atom is -0.384 e. The van der Waals surface area contributed by atoms with E-state index < -0.39 is 10.2 Å². The van der Waals surface area contributed by atoms with E-state index >= 15 is 0 Å². The van der Waals surface area contributed by atoms with E-state index in [9.17, 15) is 8.42 Å². The van der Waals surface area contributed by atoms with Crippen LogP contribution in [0.25, 0.3) is 0 Å². The van der Waals surface area contributed by atoms with Crippen LogP contribution >= 0.6 is 0 Å². The Balaban J connectivity index is 1.65. The lowest BCUT2D eigenvalue weighted by atomic mass is 10.3. The van der Waals surface area contributed by atoms with Crippen LogP contribution in [0.1, 0.15) is 11.1 Å². The van der Waals surface area contributed by atoms with Crippen molar-refractivity contribution in [2.24, 2.45) is 0 Å². The van der Waals surface area contributed by atoms with Gasteiger partial charge in [0.2, 0.25) is 0 Å². The van der Waals surface area contributed by atoms with E-state index in [4.69, 9.17) is 11.0 Å². The van der Waals surface area contributed by atoms with E-state index in [1.165, 1.54) is 10.5 Å². The van der Waals surface area contributed by atoms with Gasteiger partial charge in [-0.1, -0.05) is 0 Å². The Kier molecular flexibility index (Phi) is 4.92. The monoisotopic (exact) mass is 373 g/mol. The molecule has 0 unspecified atom stereocenters. The molecule has 26 heavy (non-hydrogen) atoms. The molecular formula is C16H19N7O2S. The number of rotatable bonds is 4. The van der Waals surface area contributed by atoms with Gasteiger partial charge >= 0.3 is 10.2 Å². The summed E-state index contributed by atoms with van der Waals surface area (Å²) in [4.78, 5) is 10.2. The van der Waals surface area contributed by atoms with E-state index in [0.29, 0.717) is 31.7 Å². The van der Waals surface area contributed by atoms with E-state index in [1.54, 1.807) is 24.3 Å². The number of pyridine rings is 2. The van der Waals surface area contributed by atoms with Crippen molar-refractivity contribution in [3.05, 3.63) is 41.6 Å². The van der Waals surface area contributed by atoms with Crippen LogP contribution in [0.5, 0.6) is 0 Å². The Morgan fingerprint density at radius 3 is 2.54 bits per heavy atom. The number of hydrogen-bond acceptors (Lipinski definition) is 7. The molecule has 3 heterocycles. The Morgan fingerprint density at radius 1 is 1.23 bits per heavy atom. The topological polar surface area (TPSA) is 128 Å². The van der Waals surface area contributed by atoms with Crippen LogP contribution in [0.15, 0.2) is 30.5 Å². The third-order valence-corrected chi connectivity index (χ3v) is 5.51. The van der Waals surface area contributed by atoms with Crippen LogP contribution in [0.2, 0.25) is 0 Å². The van der Waals surface area contributed by atoms with Gasteiger partial charge in [0.15, 0.2) is 0 Å². The summed E-state index contributed by atoms with van der Waals surface area (Å²) in [6.07, 6.45) is 1.51. The lowest BCUT2D eigenvalue weighted by Gasteiger charge is -2.34. The Bertz CT molecular complexity index is 910. The van der Waals surface area contributed by atoms with Crippen molar-refractivity contribution >= 4 is 27.7 Å². The fourth-order valence-corrected chi connectivity index (χ4v) is 3.88. The van der Waals surface area contributed by atoms with Gasteiger partial charge in [-0.2, -0.15) is 18.0 Å². The van der Waals surface area contributed by atoms with Gasteiger partial charge < -0.3 is 10.6 Å². The minimum absolute atomic E-state index is 0.207. The molecule has 0 aromatic carbocycles. The van der Waals surface area contributed by atoms with Gasteiger partial charge in [-0.3, -0.25) is 4.72 Å². The normalized spacial score (nSPS) is 15.5. The quantitative estimate of drug-likeness (QED) is 0.808. The zero-order chi connectivity index (χ0) is 18.7. The first-order valence-electron chi connectivity index (χ1n) is 8.00. The first-order valence-corrected chi connectivity index (χ1v) is 9.44. The number of nitrogens with two attached hydrogens (primary N) is 1. The van der Waals surface area contributed by atoms with Crippen molar-refractivity contribution < 1.29 is 8.42 Å². The number of aryl methyl sites for hydroxylation is 1. The maximum atomic E-state index is 12.6. The van der Waals surface area contributed by atoms with Crippen LogP contribution in [0.4, 0.5) is 17.5 Å². The Morgan fingerprint density at radius 2 is 1.96 bits per heavy atom. The third kappa shape index (κ3) is 4.01. The number of aromatic nitrogens is 2. The van der Waals surface area contributed by atoms with Gasteiger partial charge in [0, 0.05) is 32.4 Å². The standard InChI is InChI=1S/C16H19N7O2S/c1-12-8-14(18)20-15(9-12)21-26(24,25)23-6-4-22(5-7-23)16-3-2-13(10-17)11-19-16/h2-3,8-9,11H,4-7H2,1H3,(H3,18,20,21). The van der Waals surface area contributed by atoms with Crippen molar-refractivity contribution in [1.29, 1.82) is 5.26 Å². The molecule has 0 atom stereocenters. The molecule has 1 saturated heterocycles. The van der Waals surface area contributed by atoms with Crippen LogP contribution in [-0.4, -0.2) is 48.9 Å². The predicted octanol–water partition coefficient (Wildman–Crippen LogP) is 0.718. The van der Waals surface area contributed by atoms with Gasteiger partial charge in [0.1, 0.15) is 23.5 Å². The summed E-state index contributed by atoms with van der Waals surface area (Å²) in [5.41, 5.74) is 6.98. The highest BCUT2D eigenvalue weighted by Gasteiger charge is 2.27. The number of nitriles is 1. The van der Waals surface area contributed by atoms with E-state index in [-0.39, 0.29) is 11.6 Å². The highest BCUT2D eigenvalue weighted by molar-refractivity contribution is 7.90. The lowest BCUT2D eigenvalue weighted by Crippen LogP contribution is -2.50. The van der Waals surface area contributed by atoms with Crippen molar-refractivity contribution in [1.82, 2.24) is 14.3 Å². The second kappa shape index (κ2) is 7.15. The molecule has 1 aliphatic rings. The summed E-state index contributed by atoms with van der Waals surface area (Å²) in [5, 5.41) is 8.82. The SMILES string of the molecule is Cc1cc(N)nc(NS(=O)(=O)N2CCN(c3ccc(C#N)cn3)CC2)c1. The molecule has 9 nitrogen and oxygen atoms in total. The van der Waals surface area contributed by atoms with Crippen LogP contribution in [0, 0.1) is 18.3 Å². The molecule has 136 valence electrons. The number of nitrogens with zero attached hydrogens (tertiary/aromatic N) is 5. The van der Waals surface area contributed by atoms with E-state index in [1.807, 2.05) is 17.9 Å². The summed E-state index contributed by atoms with van der Waals surface area (Å²) >= 11 is 0. The highest BCUT2D eigenvalue weighted by atomic mass is 32.2. The summed E-state index contributed by atoms with van der Waals surface area (Å²) in [5.74, 6) is 1.19. The molecule has 3 rings (SSSR count). The highest BCUT2D eigenvalue weighted by Crippen LogP contribution is 2.18. The molecule has 2 aromatic heterocycles. The lowest BCUT2D eigenvalue weighted by molar-refractivity contribution is 0.386. The summed E-state index contributed by atoms with van der Waals surface area (Å²) in [6.45, 7) is 3.46. The molecule has 3 N–H and O–H groups in total. The second-order valence-corrected chi connectivity index (χ2v) is 7.64. The maximum absolute atomic E-state index is 12.6. The molecule has 0 spiro atoms. The van der Waals surface area contributed by atoms with E-state index in [2.05, 4.69) is 14.7 Å². The molecule has 0 radical (unpaired) electrons. The molecule has 0 aliphatic carbocycles. The van der Waals surface area contributed by atoms with Crippen LogP contribution < -0.4 is 15.4 Å². The van der Waals surface area contributed by atoms with Crippen molar-refractivity contribution in [3.63, 3.8) is 0 Å². The number of hydrogen-bond donors (Lipinski definition) is 2. The third-order valence-electron chi connectivity index (χ3n) is 4.00. The number of nitrogen functional groups attached to an aromatic ring is 1. The number of nitrogens with one attached hydrogen (secondary N) is 1. The molecule has 0 bridgehead atoms. The second-order valence-electron chi connectivity index (χ2n) is 5.96. The van der Waals surface area contributed by atoms with Gasteiger partial charge in [-0.25, -0.2) is 9.97 Å². The molecule has 1 fully saturated rings. The molecule has 0 amide bonds. The number of piperazine rings is 1. The van der Waals surface area contributed by atoms with E-state index in [0.717, 1.165) is 11.4 Å². The first kappa shape index (κ1) is 17.9. The van der Waals surface area contributed by atoms with Gasteiger partial charge in [0.25, 0.3) is 0 Å². The minimum atomic E-state index is -3.71. The fraction of sp³-hybridized carbons (Fsp3) is 0.312. The van der Waals surface area contributed by atoms with Gasteiger partial charge in [0.05, 0.1) is 5.56 Å². The zero-order valence-electron chi connectivity index (χ0n) is 14.3. The van der Waals surface area contributed by atoms with Crippen molar-refractivity contribution in [3.8, 4) is 6.07 Å². The zero-order valence-corrected chi connectivity index (χ0v) is 15.1. The summed E-state index contributed by atoms with van der Waals surface area (Å²) in [7, 11) is -3.71. The molecule has 10 heteroatoms. The van der Waals surface area contributed by atoms with Gasteiger partial charge in [-0.15, -0.1) is 0 Å². The van der Waals surface area contributed by atoms with Crippen molar-refractivity contribution in [2.45, 2.75) is 6.92 Å². The average molecular weight is 373 g/mol. The molecule has 0 saturated carbocycles. The summed E-state index contributed by atoms with van der Waals surface area (Å²) in [6, 6.07) is 8.78. The summed E-state index contributed by atoms with van der Waals surface area (Å²) < 4.78 is 29.0. The maximum Gasteiger partial charge on any atom is 0.302 e.